The summed E-state index contributed by atoms with van der Waals surface area (Å²) in [4.78, 5) is 24.1. The fourth-order valence-electron chi connectivity index (χ4n) is 3.20. The van der Waals surface area contributed by atoms with Gasteiger partial charge in [-0.05, 0) is 63.8 Å². The van der Waals surface area contributed by atoms with E-state index in [9.17, 15) is 18.4 Å². The van der Waals surface area contributed by atoms with E-state index in [1.807, 2.05) is 0 Å². The van der Waals surface area contributed by atoms with Crippen LogP contribution >= 0.6 is 0 Å². The van der Waals surface area contributed by atoms with Crippen molar-refractivity contribution in [3.8, 4) is 0 Å². The van der Waals surface area contributed by atoms with Gasteiger partial charge in [0, 0.05) is 12.0 Å². The Morgan fingerprint density at radius 1 is 1.27 bits per heavy atom. The molecule has 26 heavy (non-hydrogen) atoms. The fraction of sp³-hybridized carbons (Fsp3) is 0.579. The van der Waals surface area contributed by atoms with Gasteiger partial charge in [-0.15, -0.1) is 0 Å². The zero-order chi connectivity index (χ0) is 19.5. The minimum absolute atomic E-state index is 0.0732. The first-order chi connectivity index (χ1) is 12.1. The molecule has 0 spiro atoms. The Hall–Kier alpha value is -2.18. The van der Waals surface area contributed by atoms with E-state index >= 15 is 0 Å². The molecule has 0 saturated heterocycles. The highest BCUT2D eigenvalue weighted by molar-refractivity contribution is 5.73. The maximum absolute atomic E-state index is 13.7. The van der Waals surface area contributed by atoms with Gasteiger partial charge in [0.05, 0.1) is 13.0 Å². The first kappa shape index (κ1) is 20.1. The second-order valence-corrected chi connectivity index (χ2v) is 7.37. The first-order valence-corrected chi connectivity index (χ1v) is 8.73. The lowest BCUT2D eigenvalue weighted by Crippen LogP contribution is -2.43. The molecule has 0 radical (unpaired) electrons. The monoisotopic (exact) mass is 369 g/mol. The van der Waals surface area contributed by atoms with E-state index in [0.717, 1.165) is 6.07 Å². The summed E-state index contributed by atoms with van der Waals surface area (Å²) in [6.45, 7) is 7.11. The molecule has 1 aliphatic carbocycles. The zero-order valence-corrected chi connectivity index (χ0v) is 15.5. The Morgan fingerprint density at radius 2 is 1.92 bits per heavy atom. The van der Waals surface area contributed by atoms with E-state index in [-0.39, 0.29) is 18.9 Å². The Balaban J connectivity index is 2.23. The summed E-state index contributed by atoms with van der Waals surface area (Å²) in [5.74, 6) is -2.63. The molecule has 0 bridgehead atoms. The van der Waals surface area contributed by atoms with Gasteiger partial charge < -0.3 is 14.8 Å². The van der Waals surface area contributed by atoms with Crippen LogP contribution < -0.4 is 5.32 Å². The lowest BCUT2D eigenvalue weighted by Gasteiger charge is -2.27. The lowest BCUT2D eigenvalue weighted by atomic mass is 9.91. The third-order valence-electron chi connectivity index (χ3n) is 4.19. The molecule has 2 rings (SSSR count). The SMILES string of the molecule is CCOC(=O)CC(NC(=O)OC(C)(C)C)C1CCc2cc(F)c(F)cc21. The van der Waals surface area contributed by atoms with Gasteiger partial charge in [-0.25, -0.2) is 13.6 Å². The van der Waals surface area contributed by atoms with Crippen LogP contribution in [0.25, 0.3) is 0 Å². The van der Waals surface area contributed by atoms with E-state index in [1.54, 1.807) is 27.7 Å². The topological polar surface area (TPSA) is 64.6 Å². The summed E-state index contributed by atoms with van der Waals surface area (Å²) in [5.41, 5.74) is 0.601. The summed E-state index contributed by atoms with van der Waals surface area (Å²) in [7, 11) is 0. The van der Waals surface area contributed by atoms with Crippen LogP contribution in [-0.2, 0) is 20.7 Å². The third kappa shape index (κ3) is 5.16. The van der Waals surface area contributed by atoms with Gasteiger partial charge in [0.1, 0.15) is 5.60 Å². The van der Waals surface area contributed by atoms with Crippen LogP contribution in [0.3, 0.4) is 0 Å². The van der Waals surface area contributed by atoms with E-state index in [2.05, 4.69) is 5.32 Å². The molecule has 1 amide bonds. The normalized spacial score (nSPS) is 17.4. The Labute approximate surface area is 152 Å². The molecule has 1 aromatic carbocycles. The number of ether oxygens (including phenoxy) is 2. The maximum Gasteiger partial charge on any atom is 0.407 e. The first-order valence-electron chi connectivity index (χ1n) is 8.73. The van der Waals surface area contributed by atoms with Crippen molar-refractivity contribution in [2.45, 2.75) is 64.5 Å². The van der Waals surface area contributed by atoms with E-state index < -0.39 is 35.3 Å². The van der Waals surface area contributed by atoms with E-state index in [4.69, 9.17) is 9.47 Å². The second-order valence-electron chi connectivity index (χ2n) is 7.37. The molecule has 7 heteroatoms. The highest BCUT2D eigenvalue weighted by Crippen LogP contribution is 2.37. The summed E-state index contributed by atoms with van der Waals surface area (Å²) >= 11 is 0. The van der Waals surface area contributed by atoms with Gasteiger partial charge in [-0.3, -0.25) is 4.79 Å². The predicted octanol–water partition coefficient (Wildman–Crippen LogP) is 3.84. The van der Waals surface area contributed by atoms with Crippen LogP contribution in [0.2, 0.25) is 0 Å². The standard InChI is InChI=1S/C19H25F2NO4/c1-5-25-17(23)10-16(22-18(24)26-19(2,3)4)12-7-6-11-8-14(20)15(21)9-13(11)12/h8-9,12,16H,5-7,10H2,1-4H3,(H,22,24). The molecule has 0 heterocycles. The Morgan fingerprint density at radius 3 is 2.54 bits per heavy atom. The van der Waals surface area contributed by atoms with Gasteiger partial charge in [-0.2, -0.15) is 0 Å². The molecule has 0 saturated carbocycles. The molecule has 2 unspecified atom stereocenters. The number of fused-ring (bicyclic) bond motifs is 1. The predicted molar refractivity (Wildman–Crippen MR) is 91.8 cm³/mol. The van der Waals surface area contributed by atoms with Crippen LogP contribution in [0.5, 0.6) is 0 Å². The summed E-state index contributed by atoms with van der Waals surface area (Å²) in [5, 5.41) is 2.70. The number of hydrogen-bond donors (Lipinski definition) is 1. The minimum Gasteiger partial charge on any atom is -0.466 e. The molecule has 0 aliphatic heterocycles. The molecule has 0 aromatic heterocycles. The van der Waals surface area contributed by atoms with Gasteiger partial charge in [0.2, 0.25) is 0 Å². The summed E-state index contributed by atoms with van der Waals surface area (Å²) < 4.78 is 37.4. The van der Waals surface area contributed by atoms with Crippen LogP contribution in [-0.4, -0.2) is 30.3 Å². The highest BCUT2D eigenvalue weighted by Gasteiger charge is 2.34. The van der Waals surface area contributed by atoms with Crippen LogP contribution in [0.15, 0.2) is 12.1 Å². The number of carbonyl (C=O) groups excluding carboxylic acids is 2. The number of halogens is 2. The number of carbonyl (C=O) groups is 2. The van der Waals surface area contributed by atoms with Crippen LogP contribution in [0.1, 0.15) is 57.6 Å². The van der Waals surface area contributed by atoms with Gasteiger partial charge >= 0.3 is 12.1 Å². The zero-order valence-electron chi connectivity index (χ0n) is 15.5. The van der Waals surface area contributed by atoms with Crippen molar-refractivity contribution in [1.29, 1.82) is 0 Å². The largest absolute Gasteiger partial charge is 0.466 e. The van der Waals surface area contributed by atoms with Gasteiger partial charge in [-0.1, -0.05) is 0 Å². The number of esters is 1. The molecular weight excluding hydrogens is 344 g/mol. The number of benzene rings is 1. The van der Waals surface area contributed by atoms with Crippen molar-refractivity contribution < 1.29 is 27.8 Å². The van der Waals surface area contributed by atoms with Crippen LogP contribution in [0, 0.1) is 11.6 Å². The van der Waals surface area contributed by atoms with Crippen molar-refractivity contribution in [2.75, 3.05) is 6.61 Å². The Bertz CT molecular complexity index is 685. The Kier molecular flexibility index (Phi) is 6.21. The lowest BCUT2D eigenvalue weighted by molar-refractivity contribution is -0.143. The fourth-order valence-corrected chi connectivity index (χ4v) is 3.20. The quantitative estimate of drug-likeness (QED) is 0.801. The van der Waals surface area contributed by atoms with Crippen LogP contribution in [0.4, 0.5) is 13.6 Å². The third-order valence-corrected chi connectivity index (χ3v) is 4.19. The molecule has 2 atom stereocenters. The smallest absolute Gasteiger partial charge is 0.407 e. The number of nitrogens with one attached hydrogen (secondary N) is 1. The number of alkyl carbamates (subject to hydrolysis) is 1. The average molecular weight is 369 g/mol. The molecule has 1 aliphatic rings. The second kappa shape index (κ2) is 8.01. The number of hydrogen-bond acceptors (Lipinski definition) is 4. The number of amides is 1. The summed E-state index contributed by atoms with van der Waals surface area (Å²) in [6.07, 6.45) is 0.378. The molecule has 144 valence electrons. The average Bonchev–Trinajstić information content (AvgIpc) is 2.88. The van der Waals surface area contributed by atoms with Gasteiger partial charge in [0.25, 0.3) is 0 Å². The maximum atomic E-state index is 13.7. The minimum atomic E-state index is -0.942. The van der Waals surface area contributed by atoms with E-state index in [0.29, 0.717) is 24.0 Å². The molecule has 1 N–H and O–H groups in total. The van der Waals surface area contributed by atoms with Crippen molar-refractivity contribution in [2.24, 2.45) is 0 Å². The molecule has 0 fully saturated rings. The molecular formula is C19H25F2NO4. The number of aryl methyl sites for hydroxylation is 1. The highest BCUT2D eigenvalue weighted by atomic mass is 19.2. The molecule has 1 aromatic rings. The summed E-state index contributed by atoms with van der Waals surface area (Å²) in [6, 6.07) is 1.70. The van der Waals surface area contributed by atoms with Gasteiger partial charge in [0.15, 0.2) is 11.6 Å². The molecule has 5 nitrogen and oxygen atoms in total. The van der Waals surface area contributed by atoms with Crippen molar-refractivity contribution in [3.63, 3.8) is 0 Å². The van der Waals surface area contributed by atoms with E-state index in [1.165, 1.54) is 6.07 Å². The number of rotatable bonds is 5. The van der Waals surface area contributed by atoms with Crippen molar-refractivity contribution in [3.05, 3.63) is 34.9 Å². The van der Waals surface area contributed by atoms with Crippen molar-refractivity contribution in [1.82, 2.24) is 5.32 Å². The van der Waals surface area contributed by atoms with Crippen molar-refractivity contribution >= 4 is 12.1 Å².